The molecule has 0 radical (unpaired) electrons. The zero-order valence-corrected chi connectivity index (χ0v) is 10.7. The summed E-state index contributed by atoms with van der Waals surface area (Å²) in [5, 5.41) is 3.65. The number of nitrogens with one attached hydrogen (secondary N) is 1. The first-order valence-electron chi connectivity index (χ1n) is 6.84. The highest BCUT2D eigenvalue weighted by Crippen LogP contribution is 2.32. The lowest BCUT2D eigenvalue weighted by atomic mass is 9.82. The van der Waals surface area contributed by atoms with Crippen molar-refractivity contribution in [2.24, 2.45) is 0 Å². The van der Waals surface area contributed by atoms with E-state index in [1.807, 2.05) is 0 Å². The Morgan fingerprint density at radius 2 is 1.94 bits per heavy atom. The van der Waals surface area contributed by atoms with E-state index < -0.39 is 0 Å². The van der Waals surface area contributed by atoms with Gasteiger partial charge in [0.25, 0.3) is 0 Å². The first-order chi connectivity index (χ1) is 7.81. The number of fused-ring (bicyclic) bond motifs is 2. The maximum absolute atomic E-state index is 5.37. The van der Waals surface area contributed by atoms with Crippen LogP contribution in [-0.2, 0) is 4.74 Å². The van der Waals surface area contributed by atoms with Crippen molar-refractivity contribution in [3.8, 4) is 0 Å². The van der Waals surface area contributed by atoms with Crippen LogP contribution < -0.4 is 5.32 Å². The van der Waals surface area contributed by atoms with Crippen molar-refractivity contribution in [3.63, 3.8) is 0 Å². The molecule has 2 fully saturated rings. The van der Waals surface area contributed by atoms with Crippen molar-refractivity contribution in [3.05, 3.63) is 0 Å². The van der Waals surface area contributed by atoms with Crippen LogP contribution in [0.5, 0.6) is 0 Å². The van der Waals surface area contributed by atoms with Crippen molar-refractivity contribution in [1.29, 1.82) is 0 Å². The van der Waals surface area contributed by atoms with Crippen LogP contribution in [0.2, 0.25) is 0 Å². The second-order valence-electron chi connectivity index (χ2n) is 5.22. The van der Waals surface area contributed by atoms with Crippen LogP contribution in [0.25, 0.3) is 0 Å². The van der Waals surface area contributed by atoms with Gasteiger partial charge < -0.3 is 15.0 Å². The molecule has 0 aromatic rings. The molecule has 1 N–H and O–H groups in total. The van der Waals surface area contributed by atoms with Gasteiger partial charge in [-0.3, -0.25) is 0 Å². The molecule has 0 aliphatic carbocycles. The molecule has 3 heteroatoms. The Labute approximate surface area is 99.5 Å². The summed E-state index contributed by atoms with van der Waals surface area (Å²) in [7, 11) is 2.31. The summed E-state index contributed by atoms with van der Waals surface area (Å²) in [6.07, 6.45) is 6.90. The van der Waals surface area contributed by atoms with Gasteiger partial charge >= 0.3 is 0 Å². The summed E-state index contributed by atoms with van der Waals surface area (Å²) in [6, 6.07) is 2.39. The van der Waals surface area contributed by atoms with Crippen molar-refractivity contribution < 1.29 is 4.74 Å². The summed E-state index contributed by atoms with van der Waals surface area (Å²) in [5.41, 5.74) is 0. The number of nitrogens with zero attached hydrogens (tertiary/aromatic N) is 1. The molecule has 2 unspecified atom stereocenters. The second-order valence-corrected chi connectivity index (χ2v) is 5.22. The Balaban J connectivity index is 1.72. The van der Waals surface area contributed by atoms with E-state index in [1.54, 1.807) is 0 Å². The van der Waals surface area contributed by atoms with E-state index in [4.69, 9.17) is 4.74 Å². The third-order valence-electron chi connectivity index (χ3n) is 4.22. The molecule has 16 heavy (non-hydrogen) atoms. The van der Waals surface area contributed by atoms with E-state index in [-0.39, 0.29) is 0 Å². The van der Waals surface area contributed by atoms with Gasteiger partial charge in [-0.25, -0.2) is 0 Å². The van der Waals surface area contributed by atoms with Gasteiger partial charge in [-0.1, -0.05) is 6.42 Å². The summed E-state index contributed by atoms with van der Waals surface area (Å²) in [4.78, 5) is 2.62. The lowest BCUT2D eigenvalue weighted by Gasteiger charge is -2.47. The molecular formula is C13H26N2O. The molecule has 2 rings (SSSR count). The second kappa shape index (κ2) is 5.99. The van der Waals surface area contributed by atoms with Crippen molar-refractivity contribution in [2.45, 2.75) is 57.2 Å². The smallest absolute Gasteiger partial charge is 0.0590 e. The van der Waals surface area contributed by atoms with Gasteiger partial charge in [0.1, 0.15) is 0 Å². The third kappa shape index (κ3) is 2.96. The Kier molecular flexibility index (Phi) is 4.62. The zero-order valence-electron chi connectivity index (χ0n) is 10.7. The SMILES string of the molecule is CCOCCNC1CC2CCCC(C1)N2C. The lowest BCUT2D eigenvalue weighted by Crippen LogP contribution is -2.54. The normalized spacial score (nSPS) is 35.2. The van der Waals surface area contributed by atoms with Crippen LogP contribution in [0, 0.1) is 0 Å². The molecule has 2 bridgehead atoms. The predicted octanol–water partition coefficient (Wildman–Crippen LogP) is 1.63. The first-order valence-corrected chi connectivity index (χ1v) is 6.84. The molecule has 0 aromatic heterocycles. The summed E-state index contributed by atoms with van der Waals surface area (Å²) in [5.74, 6) is 0. The fourth-order valence-corrected chi connectivity index (χ4v) is 3.26. The highest BCUT2D eigenvalue weighted by atomic mass is 16.5. The van der Waals surface area contributed by atoms with Gasteiger partial charge in [0.15, 0.2) is 0 Å². The van der Waals surface area contributed by atoms with E-state index in [2.05, 4.69) is 24.2 Å². The highest BCUT2D eigenvalue weighted by molar-refractivity contribution is 4.93. The minimum atomic E-state index is 0.729. The van der Waals surface area contributed by atoms with Gasteiger partial charge in [-0.15, -0.1) is 0 Å². The van der Waals surface area contributed by atoms with Crippen molar-refractivity contribution in [2.75, 3.05) is 26.8 Å². The lowest BCUT2D eigenvalue weighted by molar-refractivity contribution is 0.0459. The fraction of sp³-hybridized carbons (Fsp3) is 1.00. The number of ether oxygens (including phenoxy) is 1. The zero-order chi connectivity index (χ0) is 11.4. The average Bonchev–Trinajstić information content (AvgIpc) is 2.25. The van der Waals surface area contributed by atoms with Crippen LogP contribution in [0.15, 0.2) is 0 Å². The van der Waals surface area contributed by atoms with Crippen LogP contribution in [0.3, 0.4) is 0 Å². The molecule has 2 aliphatic heterocycles. The molecule has 3 nitrogen and oxygen atoms in total. The number of hydrogen-bond acceptors (Lipinski definition) is 3. The summed E-state index contributed by atoms with van der Waals surface area (Å²) in [6.45, 7) is 4.76. The molecule has 0 spiro atoms. The Morgan fingerprint density at radius 1 is 1.25 bits per heavy atom. The first kappa shape index (κ1) is 12.3. The minimum absolute atomic E-state index is 0.729. The molecule has 0 saturated carbocycles. The molecule has 2 heterocycles. The third-order valence-corrected chi connectivity index (χ3v) is 4.22. The van der Waals surface area contributed by atoms with E-state index >= 15 is 0 Å². The predicted molar refractivity (Wildman–Crippen MR) is 66.7 cm³/mol. The maximum atomic E-state index is 5.37. The molecule has 2 atom stereocenters. The maximum Gasteiger partial charge on any atom is 0.0590 e. The van der Waals surface area contributed by atoms with E-state index in [1.165, 1.54) is 32.1 Å². The van der Waals surface area contributed by atoms with Gasteiger partial charge in [0, 0.05) is 31.3 Å². The highest BCUT2D eigenvalue weighted by Gasteiger charge is 2.35. The molecule has 2 aliphatic rings. The Morgan fingerprint density at radius 3 is 2.56 bits per heavy atom. The van der Waals surface area contributed by atoms with Crippen LogP contribution in [0.4, 0.5) is 0 Å². The van der Waals surface area contributed by atoms with E-state index in [9.17, 15) is 0 Å². The Bertz CT molecular complexity index is 196. The van der Waals surface area contributed by atoms with E-state index in [0.29, 0.717) is 0 Å². The largest absolute Gasteiger partial charge is 0.380 e. The monoisotopic (exact) mass is 226 g/mol. The molecule has 0 amide bonds. The quantitative estimate of drug-likeness (QED) is 0.721. The topological polar surface area (TPSA) is 24.5 Å². The van der Waals surface area contributed by atoms with Crippen LogP contribution in [-0.4, -0.2) is 49.8 Å². The standard InChI is InChI=1S/C13H26N2O/c1-3-16-8-7-14-11-9-12-5-4-6-13(10-11)15(12)2/h11-14H,3-10H2,1-2H3. The molecule has 2 saturated heterocycles. The van der Waals surface area contributed by atoms with Gasteiger partial charge in [-0.05, 0) is 39.7 Å². The molecular weight excluding hydrogens is 200 g/mol. The van der Waals surface area contributed by atoms with E-state index in [0.717, 1.165) is 37.9 Å². The molecule has 94 valence electrons. The number of rotatable bonds is 5. The summed E-state index contributed by atoms with van der Waals surface area (Å²) < 4.78 is 5.37. The van der Waals surface area contributed by atoms with Gasteiger partial charge in [0.2, 0.25) is 0 Å². The fourth-order valence-electron chi connectivity index (χ4n) is 3.26. The average molecular weight is 226 g/mol. The molecule has 0 aromatic carbocycles. The van der Waals surface area contributed by atoms with Gasteiger partial charge in [-0.2, -0.15) is 0 Å². The summed E-state index contributed by atoms with van der Waals surface area (Å²) >= 11 is 0. The minimum Gasteiger partial charge on any atom is -0.380 e. The Hall–Kier alpha value is -0.120. The van der Waals surface area contributed by atoms with Crippen molar-refractivity contribution in [1.82, 2.24) is 10.2 Å². The number of hydrogen-bond donors (Lipinski definition) is 1. The van der Waals surface area contributed by atoms with Crippen LogP contribution in [0.1, 0.15) is 39.0 Å². The van der Waals surface area contributed by atoms with Crippen LogP contribution >= 0.6 is 0 Å². The van der Waals surface area contributed by atoms with Crippen molar-refractivity contribution >= 4 is 0 Å². The number of piperidine rings is 2. The van der Waals surface area contributed by atoms with Gasteiger partial charge in [0.05, 0.1) is 6.61 Å².